The van der Waals surface area contributed by atoms with Crippen LogP contribution in [0.4, 0.5) is 0 Å². The van der Waals surface area contributed by atoms with Crippen LogP contribution in [0.5, 0.6) is 0 Å². The quantitative estimate of drug-likeness (QED) is 0.785. The van der Waals surface area contributed by atoms with Crippen LogP contribution in [0.25, 0.3) is 5.65 Å². The molecule has 1 N–H and O–H groups in total. The fourth-order valence-corrected chi connectivity index (χ4v) is 3.14. The van der Waals surface area contributed by atoms with Crippen molar-refractivity contribution >= 4 is 34.5 Å². The molecule has 7 heteroatoms. The number of nitrogens with zero attached hydrogens (tertiary/aromatic N) is 3. The second kappa shape index (κ2) is 5.94. The number of hydrogen-bond acceptors (Lipinski definition) is 4. The van der Waals surface area contributed by atoms with Crippen LogP contribution in [0, 0.1) is 0 Å². The van der Waals surface area contributed by atoms with Crippen molar-refractivity contribution < 1.29 is 4.79 Å². The van der Waals surface area contributed by atoms with E-state index in [4.69, 9.17) is 11.6 Å². The molecule has 0 aliphatic heterocycles. The summed E-state index contributed by atoms with van der Waals surface area (Å²) < 4.78 is 1.84. The van der Waals surface area contributed by atoms with Crippen molar-refractivity contribution in [2.75, 3.05) is 0 Å². The van der Waals surface area contributed by atoms with Gasteiger partial charge in [-0.3, -0.25) is 4.79 Å². The van der Waals surface area contributed by atoms with Crippen LogP contribution in [-0.4, -0.2) is 20.3 Å². The molecule has 0 radical (unpaired) electrons. The van der Waals surface area contributed by atoms with Crippen LogP contribution in [0.3, 0.4) is 0 Å². The molecule has 0 unspecified atom stereocenters. The van der Waals surface area contributed by atoms with E-state index in [1.165, 1.54) is 11.3 Å². The normalized spacial score (nSPS) is 11.8. The number of nitrogens with one attached hydrogen (secondary N) is 1. The number of fused-ring (bicyclic) bond motifs is 1. The minimum atomic E-state index is -0.131. The molecular weight excluding hydrogens is 332 g/mol. The van der Waals surface area contributed by atoms with Crippen LogP contribution in [0.1, 0.15) is 41.1 Å². The Labute approximate surface area is 143 Å². The van der Waals surface area contributed by atoms with Gasteiger partial charge in [0.05, 0.1) is 28.5 Å². The Kier molecular flexibility index (Phi) is 4.12. The van der Waals surface area contributed by atoms with Crippen molar-refractivity contribution in [3.8, 4) is 0 Å². The van der Waals surface area contributed by atoms with Gasteiger partial charge >= 0.3 is 0 Å². The fourth-order valence-electron chi connectivity index (χ4n) is 2.09. The van der Waals surface area contributed by atoms with Crippen LogP contribution in [-0.2, 0) is 12.0 Å². The van der Waals surface area contributed by atoms with Gasteiger partial charge < -0.3 is 9.72 Å². The van der Waals surface area contributed by atoms with Crippen molar-refractivity contribution in [1.82, 2.24) is 19.7 Å². The van der Waals surface area contributed by atoms with Crippen LogP contribution >= 0.6 is 22.9 Å². The SMILES string of the molecule is CC(C)(C)c1ncc(C(=O)NCc2cn3cc(Cl)ccc3n2)s1. The molecule has 0 fully saturated rings. The van der Waals surface area contributed by atoms with Crippen molar-refractivity contribution in [3.63, 3.8) is 0 Å². The van der Waals surface area contributed by atoms with Crippen molar-refractivity contribution in [2.24, 2.45) is 0 Å². The maximum absolute atomic E-state index is 12.2. The van der Waals surface area contributed by atoms with E-state index in [1.54, 1.807) is 18.5 Å². The maximum atomic E-state index is 12.2. The van der Waals surface area contributed by atoms with E-state index in [0.29, 0.717) is 16.4 Å². The molecule has 0 atom stereocenters. The molecule has 3 aromatic rings. The van der Waals surface area contributed by atoms with Gasteiger partial charge in [-0.05, 0) is 12.1 Å². The zero-order valence-electron chi connectivity index (χ0n) is 13.1. The van der Waals surface area contributed by atoms with Gasteiger partial charge in [0, 0.05) is 17.8 Å². The van der Waals surface area contributed by atoms with E-state index in [0.717, 1.165) is 16.3 Å². The Balaban J connectivity index is 1.69. The van der Waals surface area contributed by atoms with Crippen LogP contribution in [0.2, 0.25) is 5.02 Å². The van der Waals surface area contributed by atoms with Gasteiger partial charge in [0.1, 0.15) is 10.5 Å². The van der Waals surface area contributed by atoms with Gasteiger partial charge in [-0.25, -0.2) is 9.97 Å². The molecule has 3 rings (SSSR count). The first-order valence-electron chi connectivity index (χ1n) is 7.20. The highest BCUT2D eigenvalue weighted by atomic mass is 35.5. The molecular formula is C16H17ClN4OS. The third-order valence-corrected chi connectivity index (χ3v) is 4.91. The number of hydrogen-bond donors (Lipinski definition) is 1. The number of carbonyl (C=O) groups excluding carboxylic acids is 1. The highest BCUT2D eigenvalue weighted by Crippen LogP contribution is 2.26. The smallest absolute Gasteiger partial charge is 0.263 e. The molecule has 0 saturated carbocycles. The van der Waals surface area contributed by atoms with Gasteiger partial charge in [-0.2, -0.15) is 0 Å². The van der Waals surface area contributed by atoms with Gasteiger partial charge in [-0.15, -0.1) is 11.3 Å². The monoisotopic (exact) mass is 348 g/mol. The molecule has 0 aliphatic rings. The summed E-state index contributed by atoms with van der Waals surface area (Å²) in [6.45, 7) is 6.60. The second-order valence-electron chi connectivity index (χ2n) is 6.31. The van der Waals surface area contributed by atoms with Gasteiger partial charge in [0.25, 0.3) is 5.91 Å². The van der Waals surface area contributed by atoms with E-state index >= 15 is 0 Å². The topological polar surface area (TPSA) is 59.3 Å². The molecule has 0 aliphatic carbocycles. The number of pyridine rings is 1. The molecule has 0 aromatic carbocycles. The minimum absolute atomic E-state index is 0.0515. The highest BCUT2D eigenvalue weighted by Gasteiger charge is 2.20. The molecule has 3 heterocycles. The number of amides is 1. The zero-order valence-corrected chi connectivity index (χ0v) is 14.7. The zero-order chi connectivity index (χ0) is 16.6. The first-order valence-corrected chi connectivity index (χ1v) is 8.40. The lowest BCUT2D eigenvalue weighted by Crippen LogP contribution is -2.22. The summed E-state index contributed by atoms with van der Waals surface area (Å²) in [6.07, 6.45) is 5.27. The Morgan fingerprint density at radius 1 is 1.35 bits per heavy atom. The average Bonchev–Trinajstić information content (AvgIpc) is 3.10. The Bertz CT molecular complexity index is 862. The van der Waals surface area contributed by atoms with Gasteiger partial charge in [-0.1, -0.05) is 32.4 Å². The summed E-state index contributed by atoms with van der Waals surface area (Å²) in [7, 11) is 0. The lowest BCUT2D eigenvalue weighted by Gasteiger charge is -2.13. The van der Waals surface area contributed by atoms with Crippen molar-refractivity contribution in [3.05, 3.63) is 51.3 Å². The largest absolute Gasteiger partial charge is 0.346 e. The average molecular weight is 349 g/mol. The minimum Gasteiger partial charge on any atom is -0.346 e. The number of imidazole rings is 1. The summed E-state index contributed by atoms with van der Waals surface area (Å²) in [5, 5.41) is 4.47. The summed E-state index contributed by atoms with van der Waals surface area (Å²) in [6, 6.07) is 3.63. The summed E-state index contributed by atoms with van der Waals surface area (Å²) in [4.78, 5) is 21.6. The third kappa shape index (κ3) is 3.54. The number of carbonyl (C=O) groups is 1. The first kappa shape index (κ1) is 16.0. The van der Waals surface area contributed by atoms with Crippen LogP contribution < -0.4 is 5.32 Å². The van der Waals surface area contributed by atoms with E-state index in [-0.39, 0.29) is 11.3 Å². The first-order chi connectivity index (χ1) is 10.8. The molecule has 120 valence electrons. The number of halogens is 1. The summed E-state index contributed by atoms with van der Waals surface area (Å²) in [5.41, 5.74) is 1.52. The van der Waals surface area contributed by atoms with E-state index in [2.05, 4.69) is 36.1 Å². The summed E-state index contributed by atoms with van der Waals surface area (Å²) in [5.74, 6) is -0.131. The molecule has 5 nitrogen and oxygen atoms in total. The fraction of sp³-hybridized carbons (Fsp3) is 0.312. The lowest BCUT2D eigenvalue weighted by molar-refractivity contribution is 0.0954. The van der Waals surface area contributed by atoms with Crippen molar-refractivity contribution in [1.29, 1.82) is 0 Å². The standard InChI is InChI=1S/C16H17ClN4OS/c1-16(2,3)15-19-7-12(23-15)14(22)18-6-11-9-21-8-10(17)4-5-13(21)20-11/h4-5,7-9H,6H2,1-3H3,(H,18,22). The number of thiazole rings is 1. The van der Waals surface area contributed by atoms with E-state index in [1.807, 2.05) is 16.7 Å². The Hall–Kier alpha value is -1.92. The van der Waals surface area contributed by atoms with E-state index in [9.17, 15) is 4.79 Å². The van der Waals surface area contributed by atoms with Crippen LogP contribution in [0.15, 0.2) is 30.7 Å². The molecule has 3 aromatic heterocycles. The molecule has 0 spiro atoms. The van der Waals surface area contributed by atoms with Gasteiger partial charge in [0.2, 0.25) is 0 Å². The second-order valence-corrected chi connectivity index (χ2v) is 7.77. The van der Waals surface area contributed by atoms with Gasteiger partial charge in [0.15, 0.2) is 0 Å². The Morgan fingerprint density at radius 3 is 2.83 bits per heavy atom. The number of rotatable bonds is 3. The predicted molar refractivity (Wildman–Crippen MR) is 92.2 cm³/mol. The third-order valence-electron chi connectivity index (χ3n) is 3.27. The predicted octanol–water partition coefficient (Wildman–Crippen LogP) is 3.67. The number of aromatic nitrogens is 3. The maximum Gasteiger partial charge on any atom is 0.263 e. The molecule has 0 bridgehead atoms. The molecule has 23 heavy (non-hydrogen) atoms. The molecule has 0 saturated heterocycles. The highest BCUT2D eigenvalue weighted by molar-refractivity contribution is 7.13. The van der Waals surface area contributed by atoms with E-state index < -0.39 is 0 Å². The van der Waals surface area contributed by atoms with Crippen molar-refractivity contribution in [2.45, 2.75) is 32.7 Å². The molecule has 1 amide bonds. The Morgan fingerprint density at radius 2 is 2.13 bits per heavy atom. The summed E-state index contributed by atoms with van der Waals surface area (Å²) >= 11 is 7.37. The lowest BCUT2D eigenvalue weighted by atomic mass is 9.98.